The van der Waals surface area contributed by atoms with E-state index in [2.05, 4.69) is 17.9 Å². The maximum atomic E-state index is 12.1. The van der Waals surface area contributed by atoms with E-state index in [1.165, 1.54) is 6.92 Å². The predicted molar refractivity (Wildman–Crippen MR) is 70.0 cm³/mol. The molecule has 0 saturated carbocycles. The molecule has 0 rings (SSSR count). The predicted octanol–water partition coefficient (Wildman–Crippen LogP) is 0.0403. The molecule has 1 atom stereocenters. The van der Waals surface area contributed by atoms with Crippen molar-refractivity contribution < 1.29 is 14.7 Å². The van der Waals surface area contributed by atoms with Crippen LogP contribution in [-0.4, -0.2) is 52.8 Å². The van der Waals surface area contributed by atoms with E-state index >= 15 is 0 Å². The summed E-state index contributed by atoms with van der Waals surface area (Å²) in [6, 6.07) is -0.567. The number of hydrogen-bond acceptors (Lipinski definition) is 4. The minimum atomic E-state index is -0.600. The Labute approximate surface area is 108 Å². The Hall–Kier alpha value is -0.750. The molecule has 1 unspecified atom stereocenters. The number of carbonyl (C=O) groups excluding carboxylic acids is 2. The molecule has 0 aliphatic carbocycles. The first-order chi connectivity index (χ1) is 7.93. The lowest BCUT2D eigenvalue weighted by atomic mass is 10.2. The van der Waals surface area contributed by atoms with Crippen LogP contribution in [0.4, 0.5) is 0 Å². The molecule has 0 saturated heterocycles. The quantitative estimate of drug-likeness (QED) is 0.567. The van der Waals surface area contributed by atoms with Gasteiger partial charge in [0.1, 0.15) is 6.04 Å². The molecule has 0 aromatic heterocycles. The van der Waals surface area contributed by atoms with E-state index in [1.54, 1.807) is 4.90 Å². The summed E-state index contributed by atoms with van der Waals surface area (Å²) in [7, 11) is 0. The summed E-state index contributed by atoms with van der Waals surface area (Å²) >= 11 is 4.07. The van der Waals surface area contributed by atoms with Gasteiger partial charge in [0.2, 0.25) is 11.8 Å². The lowest BCUT2D eigenvalue weighted by Crippen LogP contribution is -2.51. The molecule has 17 heavy (non-hydrogen) atoms. The Morgan fingerprint density at radius 2 is 2.00 bits per heavy atom. The van der Waals surface area contributed by atoms with Crippen LogP contribution in [0.1, 0.15) is 27.2 Å². The van der Waals surface area contributed by atoms with Crippen LogP contribution < -0.4 is 5.32 Å². The molecule has 5 nitrogen and oxygen atoms in total. The molecular weight excluding hydrogens is 240 g/mol. The first-order valence-electron chi connectivity index (χ1n) is 5.73. The van der Waals surface area contributed by atoms with E-state index in [1.807, 2.05) is 13.8 Å². The van der Waals surface area contributed by atoms with Gasteiger partial charge in [0.05, 0.1) is 0 Å². The summed E-state index contributed by atoms with van der Waals surface area (Å²) in [5.74, 6) is -0.136. The third kappa shape index (κ3) is 5.93. The highest BCUT2D eigenvalue weighted by molar-refractivity contribution is 7.80. The number of rotatable bonds is 7. The largest absolute Gasteiger partial charge is 0.396 e. The van der Waals surface area contributed by atoms with Crippen molar-refractivity contribution in [2.75, 3.05) is 18.9 Å². The fourth-order valence-corrected chi connectivity index (χ4v) is 1.74. The van der Waals surface area contributed by atoms with E-state index in [9.17, 15) is 9.59 Å². The summed E-state index contributed by atoms with van der Waals surface area (Å²) < 4.78 is 0. The average Bonchev–Trinajstić information content (AvgIpc) is 2.25. The highest BCUT2D eigenvalue weighted by Gasteiger charge is 2.25. The maximum absolute atomic E-state index is 12.1. The Bertz CT molecular complexity index is 259. The number of nitrogens with one attached hydrogen (secondary N) is 1. The van der Waals surface area contributed by atoms with Crippen molar-refractivity contribution in [3.63, 3.8) is 0 Å². The fraction of sp³-hybridized carbons (Fsp3) is 0.818. The lowest BCUT2D eigenvalue weighted by Gasteiger charge is -2.30. The van der Waals surface area contributed by atoms with Gasteiger partial charge in [-0.15, -0.1) is 0 Å². The van der Waals surface area contributed by atoms with Crippen LogP contribution in [0.25, 0.3) is 0 Å². The number of carbonyl (C=O) groups is 2. The topological polar surface area (TPSA) is 69.6 Å². The Kier molecular flexibility index (Phi) is 7.99. The third-order valence-corrected chi connectivity index (χ3v) is 2.69. The smallest absolute Gasteiger partial charge is 0.246 e. The molecule has 2 amide bonds. The highest BCUT2D eigenvalue weighted by Crippen LogP contribution is 2.05. The number of amides is 2. The van der Waals surface area contributed by atoms with Crippen molar-refractivity contribution in [3.8, 4) is 0 Å². The van der Waals surface area contributed by atoms with Gasteiger partial charge in [0.25, 0.3) is 0 Å². The number of aliphatic hydroxyl groups excluding tert-OH is 1. The van der Waals surface area contributed by atoms with Crippen molar-refractivity contribution in [2.24, 2.45) is 0 Å². The van der Waals surface area contributed by atoms with Gasteiger partial charge >= 0.3 is 0 Å². The second kappa shape index (κ2) is 8.36. The van der Waals surface area contributed by atoms with E-state index in [4.69, 9.17) is 5.11 Å². The second-order valence-corrected chi connectivity index (χ2v) is 4.50. The van der Waals surface area contributed by atoms with Gasteiger partial charge in [0.15, 0.2) is 0 Å². The average molecular weight is 262 g/mol. The minimum Gasteiger partial charge on any atom is -0.396 e. The molecule has 100 valence electrons. The van der Waals surface area contributed by atoms with Crippen molar-refractivity contribution in [1.29, 1.82) is 0 Å². The standard InChI is InChI=1S/C11H22N2O3S/c1-8(2)13(5-4-6-14)11(16)10(7-17)12-9(3)15/h8,10,14,17H,4-7H2,1-3H3,(H,12,15). The summed E-state index contributed by atoms with van der Waals surface area (Å²) in [4.78, 5) is 24.8. The third-order valence-electron chi connectivity index (χ3n) is 2.32. The monoisotopic (exact) mass is 262 g/mol. The number of hydrogen-bond donors (Lipinski definition) is 3. The number of aliphatic hydroxyl groups is 1. The SMILES string of the molecule is CC(=O)NC(CS)C(=O)N(CCCO)C(C)C. The van der Waals surface area contributed by atoms with Crippen LogP contribution in [0.15, 0.2) is 0 Å². The molecule has 0 aliphatic heterocycles. The number of thiol groups is 1. The summed E-state index contributed by atoms with van der Waals surface area (Å²) in [5.41, 5.74) is 0. The summed E-state index contributed by atoms with van der Waals surface area (Å²) in [6.45, 7) is 5.70. The molecule has 0 aromatic carbocycles. The molecule has 0 radical (unpaired) electrons. The zero-order chi connectivity index (χ0) is 13.4. The van der Waals surface area contributed by atoms with E-state index in [-0.39, 0.29) is 30.2 Å². The van der Waals surface area contributed by atoms with Crippen LogP contribution >= 0.6 is 12.6 Å². The molecule has 0 bridgehead atoms. The van der Waals surface area contributed by atoms with Crippen LogP contribution in [0, 0.1) is 0 Å². The molecule has 0 fully saturated rings. The zero-order valence-electron chi connectivity index (χ0n) is 10.6. The van der Waals surface area contributed by atoms with Gasteiger partial charge in [-0.25, -0.2) is 0 Å². The Morgan fingerprint density at radius 1 is 1.41 bits per heavy atom. The first-order valence-corrected chi connectivity index (χ1v) is 6.36. The van der Waals surface area contributed by atoms with Crippen molar-refractivity contribution in [1.82, 2.24) is 10.2 Å². The van der Waals surface area contributed by atoms with Crippen molar-refractivity contribution in [2.45, 2.75) is 39.3 Å². The number of nitrogens with zero attached hydrogens (tertiary/aromatic N) is 1. The van der Waals surface area contributed by atoms with Crippen LogP contribution in [0.2, 0.25) is 0 Å². The van der Waals surface area contributed by atoms with E-state index in [0.29, 0.717) is 13.0 Å². The van der Waals surface area contributed by atoms with E-state index < -0.39 is 6.04 Å². The van der Waals surface area contributed by atoms with Crippen LogP contribution in [0.5, 0.6) is 0 Å². The summed E-state index contributed by atoms with van der Waals surface area (Å²) in [5, 5.41) is 11.4. The minimum absolute atomic E-state index is 0.0326. The second-order valence-electron chi connectivity index (χ2n) is 4.14. The van der Waals surface area contributed by atoms with Gasteiger partial charge in [-0.3, -0.25) is 9.59 Å². The van der Waals surface area contributed by atoms with Crippen molar-refractivity contribution in [3.05, 3.63) is 0 Å². The van der Waals surface area contributed by atoms with Gasteiger partial charge in [-0.2, -0.15) is 12.6 Å². The Morgan fingerprint density at radius 3 is 2.35 bits per heavy atom. The zero-order valence-corrected chi connectivity index (χ0v) is 11.5. The first kappa shape index (κ1) is 16.2. The highest BCUT2D eigenvalue weighted by atomic mass is 32.1. The molecule has 0 spiro atoms. The molecule has 0 aliphatic rings. The molecule has 2 N–H and O–H groups in total. The van der Waals surface area contributed by atoms with Gasteiger partial charge in [0, 0.05) is 31.9 Å². The molecule has 0 aromatic rings. The summed E-state index contributed by atoms with van der Waals surface area (Å²) in [6.07, 6.45) is 0.531. The molecule has 6 heteroatoms. The molecular formula is C11H22N2O3S. The van der Waals surface area contributed by atoms with Gasteiger partial charge in [-0.05, 0) is 20.3 Å². The fourth-order valence-electron chi connectivity index (χ4n) is 1.49. The van der Waals surface area contributed by atoms with Crippen LogP contribution in [0.3, 0.4) is 0 Å². The maximum Gasteiger partial charge on any atom is 0.246 e. The van der Waals surface area contributed by atoms with Gasteiger partial charge < -0.3 is 15.3 Å². The Balaban J connectivity index is 4.60. The normalized spacial score (nSPS) is 12.4. The lowest BCUT2D eigenvalue weighted by molar-refractivity contribution is -0.137. The molecule has 0 heterocycles. The van der Waals surface area contributed by atoms with Crippen molar-refractivity contribution >= 4 is 24.4 Å². The van der Waals surface area contributed by atoms with E-state index in [0.717, 1.165) is 0 Å². The van der Waals surface area contributed by atoms with Gasteiger partial charge in [-0.1, -0.05) is 0 Å². The van der Waals surface area contributed by atoms with Crippen LogP contribution in [-0.2, 0) is 9.59 Å².